The molecule has 0 aliphatic rings. The molecule has 0 atom stereocenters. The third kappa shape index (κ3) is 7.36. The van der Waals surface area contributed by atoms with E-state index in [0.717, 1.165) is 38.3 Å². The second-order valence-electron chi connectivity index (χ2n) is 8.62. The zero-order chi connectivity index (χ0) is 27.3. The monoisotopic (exact) mass is 552 g/mol. The van der Waals surface area contributed by atoms with Gasteiger partial charge in [-0.25, -0.2) is 17.6 Å². The molecule has 4 rings (SSSR count). The molecule has 0 bridgehead atoms. The van der Waals surface area contributed by atoms with Gasteiger partial charge in [0.2, 0.25) is 0 Å². The number of aliphatic carboxylic acids is 1. The third-order valence-electron chi connectivity index (χ3n) is 5.55. The number of benzene rings is 4. The highest BCUT2D eigenvalue weighted by molar-refractivity contribution is 7.99. The van der Waals surface area contributed by atoms with Gasteiger partial charge in [-0.3, -0.25) is 0 Å². The smallest absolute Gasteiger partial charge is 0.341 e. The molecule has 0 saturated heterocycles. The molecule has 0 aliphatic heterocycles. The van der Waals surface area contributed by atoms with Gasteiger partial charge in [0, 0.05) is 16.0 Å². The van der Waals surface area contributed by atoms with Crippen molar-refractivity contribution in [3.63, 3.8) is 0 Å². The predicted octanol–water partition coefficient (Wildman–Crippen LogP) is 6.40. The molecule has 38 heavy (non-hydrogen) atoms. The average Bonchev–Trinajstić information content (AvgIpc) is 2.87. The van der Waals surface area contributed by atoms with Gasteiger partial charge in [-0.15, -0.1) is 0 Å². The zero-order valence-corrected chi connectivity index (χ0v) is 22.3. The van der Waals surface area contributed by atoms with Crippen molar-refractivity contribution in [3.05, 3.63) is 102 Å². The average molecular weight is 553 g/mol. The van der Waals surface area contributed by atoms with Crippen molar-refractivity contribution >= 4 is 27.6 Å². The fourth-order valence-electron chi connectivity index (χ4n) is 3.65. The molecular formula is C29H25FO6S2. The minimum atomic E-state index is -3.28. The Morgan fingerprint density at radius 2 is 1.58 bits per heavy atom. The zero-order valence-electron chi connectivity index (χ0n) is 20.7. The second-order valence-corrected chi connectivity index (χ2v) is 11.8. The molecule has 0 spiro atoms. The molecule has 6 nitrogen and oxygen atoms in total. The van der Waals surface area contributed by atoms with Gasteiger partial charge in [0.1, 0.15) is 23.9 Å². The molecule has 0 heterocycles. The highest BCUT2D eigenvalue weighted by Gasteiger charge is 2.10. The lowest BCUT2D eigenvalue weighted by atomic mass is 10.1. The highest BCUT2D eigenvalue weighted by Crippen LogP contribution is 2.36. The molecule has 1 N–H and O–H groups in total. The first-order valence-corrected chi connectivity index (χ1v) is 14.2. The molecule has 0 fully saturated rings. The summed E-state index contributed by atoms with van der Waals surface area (Å²) in [7, 11) is -3.28. The number of sulfone groups is 1. The van der Waals surface area contributed by atoms with Crippen LogP contribution < -0.4 is 9.47 Å². The number of carboxylic acid groups (broad SMARTS) is 1. The van der Waals surface area contributed by atoms with Crippen LogP contribution in [0.5, 0.6) is 11.5 Å². The summed E-state index contributed by atoms with van der Waals surface area (Å²) in [5.41, 5.74) is 3.28. The number of hydrogen-bond donors (Lipinski definition) is 1. The summed E-state index contributed by atoms with van der Waals surface area (Å²) in [4.78, 5) is 12.8. The van der Waals surface area contributed by atoms with Crippen LogP contribution in [0.4, 0.5) is 4.39 Å². The molecule has 0 aromatic heterocycles. The third-order valence-corrected chi connectivity index (χ3v) is 7.64. The Morgan fingerprint density at radius 3 is 2.21 bits per heavy atom. The summed E-state index contributed by atoms with van der Waals surface area (Å²) in [6.45, 7) is 1.67. The van der Waals surface area contributed by atoms with Gasteiger partial charge in [-0.2, -0.15) is 0 Å². The minimum absolute atomic E-state index is 0.232. The minimum Gasteiger partial charge on any atom is -0.489 e. The Kier molecular flexibility index (Phi) is 8.38. The molecule has 0 saturated carbocycles. The quantitative estimate of drug-likeness (QED) is 0.244. The van der Waals surface area contributed by atoms with Crippen LogP contribution in [-0.2, 0) is 21.2 Å². The van der Waals surface area contributed by atoms with E-state index >= 15 is 0 Å². The van der Waals surface area contributed by atoms with E-state index in [1.807, 2.05) is 37.3 Å². The Balaban J connectivity index is 1.59. The summed E-state index contributed by atoms with van der Waals surface area (Å²) in [5, 5.41) is 8.85. The van der Waals surface area contributed by atoms with Crippen LogP contribution in [0, 0.1) is 12.7 Å². The van der Waals surface area contributed by atoms with Crippen LogP contribution in [0.1, 0.15) is 11.1 Å². The first-order chi connectivity index (χ1) is 18.1. The van der Waals surface area contributed by atoms with E-state index in [1.165, 1.54) is 23.9 Å². The van der Waals surface area contributed by atoms with Crippen molar-refractivity contribution in [3.8, 4) is 22.6 Å². The van der Waals surface area contributed by atoms with E-state index < -0.39 is 22.4 Å². The van der Waals surface area contributed by atoms with Crippen molar-refractivity contribution in [1.82, 2.24) is 0 Å². The van der Waals surface area contributed by atoms with Crippen molar-refractivity contribution < 1.29 is 32.2 Å². The van der Waals surface area contributed by atoms with Crippen LogP contribution >= 0.6 is 11.8 Å². The van der Waals surface area contributed by atoms with E-state index in [9.17, 15) is 17.6 Å². The maximum absolute atomic E-state index is 13.5. The Labute approximate surface area is 225 Å². The molecule has 0 unspecified atom stereocenters. The molecule has 4 aromatic rings. The van der Waals surface area contributed by atoms with Gasteiger partial charge >= 0.3 is 5.97 Å². The van der Waals surface area contributed by atoms with Gasteiger partial charge in [0.15, 0.2) is 16.4 Å². The summed E-state index contributed by atoms with van der Waals surface area (Å²) in [6.07, 6.45) is 1.16. The first kappa shape index (κ1) is 27.2. The van der Waals surface area contributed by atoms with E-state index in [0.29, 0.717) is 11.5 Å². The number of aryl methyl sites for hydroxylation is 1. The lowest BCUT2D eigenvalue weighted by Crippen LogP contribution is -2.09. The predicted molar refractivity (Wildman–Crippen MR) is 144 cm³/mol. The number of carboxylic acids is 1. The van der Waals surface area contributed by atoms with Crippen molar-refractivity contribution in [2.24, 2.45) is 0 Å². The molecule has 0 radical (unpaired) electrons. The van der Waals surface area contributed by atoms with Crippen molar-refractivity contribution in [1.29, 1.82) is 0 Å². The van der Waals surface area contributed by atoms with Crippen LogP contribution in [0.3, 0.4) is 0 Å². The van der Waals surface area contributed by atoms with Gasteiger partial charge in [-0.1, -0.05) is 36.0 Å². The Hall–Kier alpha value is -3.82. The van der Waals surface area contributed by atoms with Gasteiger partial charge in [-0.05, 0) is 89.8 Å². The summed E-state index contributed by atoms with van der Waals surface area (Å²) < 4.78 is 48.3. The fourth-order valence-corrected chi connectivity index (χ4v) is 5.28. The summed E-state index contributed by atoms with van der Waals surface area (Å²) in [6, 6.07) is 24.0. The highest BCUT2D eigenvalue weighted by atomic mass is 32.2. The maximum Gasteiger partial charge on any atom is 0.341 e. The summed E-state index contributed by atoms with van der Waals surface area (Å²) >= 11 is 1.49. The molecular weight excluding hydrogens is 527 g/mol. The molecule has 196 valence electrons. The summed E-state index contributed by atoms with van der Waals surface area (Å²) in [5.74, 6) is -0.268. The van der Waals surface area contributed by atoms with Gasteiger partial charge in [0.25, 0.3) is 0 Å². The normalized spacial score (nSPS) is 11.2. The van der Waals surface area contributed by atoms with Gasteiger partial charge < -0.3 is 14.6 Å². The topological polar surface area (TPSA) is 89.9 Å². The standard InChI is InChI=1S/C29H25FO6S2/c1-19-13-25(9-12-28(19)36-18-29(31)32)37-26-15-22(21-5-7-23(30)8-6-21)14-24(16-26)35-17-20-3-10-27(11-4-20)38(2,33)34/h3-16H,17-18H2,1-2H3,(H,31,32). The largest absolute Gasteiger partial charge is 0.489 e. The number of ether oxygens (including phenoxy) is 2. The Bertz CT molecular complexity index is 1550. The number of carbonyl (C=O) groups is 1. The van der Waals surface area contributed by atoms with E-state index in [4.69, 9.17) is 14.6 Å². The van der Waals surface area contributed by atoms with E-state index in [-0.39, 0.29) is 17.3 Å². The molecule has 0 aliphatic carbocycles. The van der Waals surface area contributed by atoms with E-state index in [2.05, 4.69) is 0 Å². The van der Waals surface area contributed by atoms with Crippen LogP contribution in [0.15, 0.2) is 99.6 Å². The van der Waals surface area contributed by atoms with Crippen molar-refractivity contribution in [2.75, 3.05) is 12.9 Å². The lowest BCUT2D eigenvalue weighted by Gasteiger charge is -2.13. The number of halogens is 1. The molecule has 9 heteroatoms. The van der Waals surface area contributed by atoms with Crippen LogP contribution in [-0.4, -0.2) is 32.4 Å². The van der Waals surface area contributed by atoms with Gasteiger partial charge in [0.05, 0.1) is 4.90 Å². The SMILES string of the molecule is Cc1cc(Sc2cc(OCc3ccc(S(C)(=O)=O)cc3)cc(-c3ccc(F)cc3)c2)ccc1OCC(=O)O. The van der Waals surface area contributed by atoms with Crippen LogP contribution in [0.25, 0.3) is 11.1 Å². The molecule has 0 amide bonds. The fraction of sp³-hybridized carbons (Fsp3) is 0.138. The lowest BCUT2D eigenvalue weighted by molar-refractivity contribution is -0.139. The van der Waals surface area contributed by atoms with Crippen LogP contribution in [0.2, 0.25) is 0 Å². The maximum atomic E-state index is 13.5. The second kappa shape index (κ2) is 11.7. The van der Waals surface area contributed by atoms with E-state index in [1.54, 1.807) is 42.5 Å². The Morgan fingerprint density at radius 1 is 0.868 bits per heavy atom. The number of rotatable bonds is 10. The first-order valence-electron chi connectivity index (χ1n) is 11.5. The van der Waals surface area contributed by atoms with Crippen molar-refractivity contribution in [2.45, 2.75) is 28.2 Å². The number of hydrogen-bond acceptors (Lipinski definition) is 6. The molecule has 4 aromatic carbocycles.